The van der Waals surface area contributed by atoms with Crippen molar-refractivity contribution in [2.75, 3.05) is 13.7 Å². The average Bonchev–Trinajstić information content (AvgIpc) is 2.66. The molecule has 0 radical (unpaired) electrons. The third-order valence-corrected chi connectivity index (χ3v) is 3.82. The number of carbonyl (C=O) groups excluding carboxylic acids is 1. The van der Waals surface area contributed by atoms with Crippen molar-refractivity contribution in [3.05, 3.63) is 65.9 Å². The summed E-state index contributed by atoms with van der Waals surface area (Å²) in [7, 11) is 1.59. The summed E-state index contributed by atoms with van der Waals surface area (Å²) in [4.78, 5) is 16.9. The number of ether oxygens (including phenoxy) is 2. The lowest BCUT2D eigenvalue weighted by Crippen LogP contribution is -2.23. The van der Waals surface area contributed by atoms with Crippen molar-refractivity contribution >= 4 is 16.8 Å². The number of methoxy groups -OCH3 is 1. The molecule has 1 aromatic heterocycles. The predicted octanol–water partition coefficient (Wildman–Crippen LogP) is 3.57. The van der Waals surface area contributed by atoms with Crippen molar-refractivity contribution in [3.63, 3.8) is 0 Å². The number of para-hydroxylation sites is 1. The second kappa shape index (κ2) is 7.66. The summed E-state index contributed by atoms with van der Waals surface area (Å²) in [5, 5.41) is 3.77. The van der Waals surface area contributed by atoms with Crippen molar-refractivity contribution in [1.82, 2.24) is 10.3 Å². The summed E-state index contributed by atoms with van der Waals surface area (Å²) in [6.45, 7) is 2.99. The fraction of sp³-hybridized carbons (Fsp3) is 0.200. The Bertz CT molecular complexity index is 876. The average molecular weight is 336 g/mol. The van der Waals surface area contributed by atoms with E-state index in [1.807, 2.05) is 55.5 Å². The van der Waals surface area contributed by atoms with Gasteiger partial charge < -0.3 is 14.8 Å². The van der Waals surface area contributed by atoms with Gasteiger partial charge in [0, 0.05) is 18.0 Å². The lowest BCUT2D eigenvalue weighted by molar-refractivity contribution is 0.0946. The minimum atomic E-state index is -0.238. The van der Waals surface area contributed by atoms with E-state index in [1.54, 1.807) is 13.2 Å². The van der Waals surface area contributed by atoms with Crippen molar-refractivity contribution in [2.24, 2.45) is 0 Å². The van der Waals surface area contributed by atoms with Gasteiger partial charge in [-0.2, -0.15) is 0 Å². The maximum absolute atomic E-state index is 12.4. The van der Waals surface area contributed by atoms with Gasteiger partial charge in [-0.3, -0.25) is 4.79 Å². The first-order valence-electron chi connectivity index (χ1n) is 8.15. The number of carbonyl (C=O) groups is 1. The smallest absolute Gasteiger partial charge is 0.270 e. The molecule has 0 aliphatic heterocycles. The molecule has 25 heavy (non-hydrogen) atoms. The molecule has 3 rings (SSSR count). The Morgan fingerprint density at radius 1 is 1.12 bits per heavy atom. The summed E-state index contributed by atoms with van der Waals surface area (Å²) >= 11 is 0. The molecule has 128 valence electrons. The number of hydrogen-bond donors (Lipinski definition) is 1. The molecule has 1 amide bonds. The van der Waals surface area contributed by atoms with Crippen LogP contribution in [0.15, 0.2) is 54.6 Å². The van der Waals surface area contributed by atoms with Crippen LogP contribution in [-0.2, 0) is 6.54 Å². The first kappa shape index (κ1) is 16.8. The van der Waals surface area contributed by atoms with Crippen LogP contribution in [0.2, 0.25) is 0 Å². The van der Waals surface area contributed by atoms with E-state index in [-0.39, 0.29) is 5.91 Å². The molecule has 0 aliphatic rings. The Morgan fingerprint density at radius 2 is 1.88 bits per heavy atom. The zero-order valence-electron chi connectivity index (χ0n) is 14.3. The molecule has 5 heteroatoms. The van der Waals surface area contributed by atoms with Gasteiger partial charge in [0.2, 0.25) is 0 Å². The number of benzene rings is 2. The standard InChI is InChI=1S/C20H20N2O3/c1-3-25-15-10-8-14(9-11-15)13-21-20(23)18-12-19(24-2)16-6-4-5-7-17(16)22-18/h4-12H,3,13H2,1-2H3,(H,21,23). The number of nitrogens with one attached hydrogen (secondary N) is 1. The number of fused-ring (bicyclic) bond motifs is 1. The molecule has 0 saturated heterocycles. The summed E-state index contributed by atoms with van der Waals surface area (Å²) < 4.78 is 10.8. The van der Waals surface area contributed by atoms with Crippen LogP contribution in [0.3, 0.4) is 0 Å². The topological polar surface area (TPSA) is 60.5 Å². The zero-order valence-corrected chi connectivity index (χ0v) is 14.3. The summed E-state index contributed by atoms with van der Waals surface area (Å²) in [6, 6.07) is 16.9. The molecule has 0 unspecified atom stereocenters. The van der Waals surface area contributed by atoms with Gasteiger partial charge in [0.1, 0.15) is 17.2 Å². The quantitative estimate of drug-likeness (QED) is 0.747. The molecule has 0 fully saturated rings. The van der Waals surface area contributed by atoms with E-state index in [0.717, 1.165) is 22.2 Å². The Balaban J connectivity index is 1.73. The zero-order chi connectivity index (χ0) is 17.6. The highest BCUT2D eigenvalue weighted by atomic mass is 16.5. The number of aromatic nitrogens is 1. The van der Waals surface area contributed by atoms with Crippen LogP contribution < -0.4 is 14.8 Å². The monoisotopic (exact) mass is 336 g/mol. The molecule has 2 aromatic carbocycles. The highest BCUT2D eigenvalue weighted by Gasteiger charge is 2.12. The minimum Gasteiger partial charge on any atom is -0.496 e. The molecule has 0 bridgehead atoms. The fourth-order valence-corrected chi connectivity index (χ4v) is 2.57. The van der Waals surface area contributed by atoms with Gasteiger partial charge in [0.15, 0.2) is 0 Å². The second-order valence-corrected chi connectivity index (χ2v) is 5.49. The number of pyridine rings is 1. The lowest BCUT2D eigenvalue weighted by Gasteiger charge is -2.09. The van der Waals surface area contributed by atoms with Gasteiger partial charge in [-0.25, -0.2) is 4.98 Å². The number of nitrogens with zero attached hydrogens (tertiary/aromatic N) is 1. The number of hydrogen-bond acceptors (Lipinski definition) is 4. The summed E-state index contributed by atoms with van der Waals surface area (Å²) in [6.07, 6.45) is 0. The minimum absolute atomic E-state index is 0.238. The van der Waals surface area contributed by atoms with Gasteiger partial charge >= 0.3 is 0 Å². The van der Waals surface area contributed by atoms with Gasteiger partial charge in [0.05, 0.1) is 19.2 Å². The molecular weight excluding hydrogens is 316 g/mol. The third kappa shape index (κ3) is 3.88. The largest absolute Gasteiger partial charge is 0.496 e. The predicted molar refractivity (Wildman–Crippen MR) is 97.1 cm³/mol. The SMILES string of the molecule is CCOc1ccc(CNC(=O)c2cc(OC)c3ccccc3n2)cc1. The first-order chi connectivity index (χ1) is 12.2. The highest BCUT2D eigenvalue weighted by Crippen LogP contribution is 2.25. The molecule has 1 N–H and O–H groups in total. The Morgan fingerprint density at radius 3 is 2.60 bits per heavy atom. The number of rotatable bonds is 6. The maximum Gasteiger partial charge on any atom is 0.270 e. The summed E-state index contributed by atoms with van der Waals surface area (Å²) in [5.41, 5.74) is 2.05. The van der Waals surface area contributed by atoms with Gasteiger partial charge in [-0.05, 0) is 36.8 Å². The van der Waals surface area contributed by atoms with Crippen LogP contribution in [0.1, 0.15) is 23.0 Å². The molecular formula is C20H20N2O3. The molecule has 1 heterocycles. The van der Waals surface area contributed by atoms with E-state index in [2.05, 4.69) is 10.3 Å². The van der Waals surface area contributed by atoms with Crippen LogP contribution in [0.25, 0.3) is 10.9 Å². The van der Waals surface area contributed by atoms with Gasteiger partial charge in [0.25, 0.3) is 5.91 Å². The van der Waals surface area contributed by atoms with Crippen LogP contribution >= 0.6 is 0 Å². The van der Waals surface area contributed by atoms with Gasteiger partial charge in [-0.1, -0.05) is 24.3 Å². The second-order valence-electron chi connectivity index (χ2n) is 5.49. The summed E-state index contributed by atoms with van der Waals surface area (Å²) in [5.74, 6) is 1.22. The van der Waals surface area contributed by atoms with Crippen molar-refractivity contribution in [1.29, 1.82) is 0 Å². The molecule has 0 saturated carbocycles. The molecule has 0 atom stereocenters. The first-order valence-corrected chi connectivity index (χ1v) is 8.15. The fourth-order valence-electron chi connectivity index (χ4n) is 2.57. The molecule has 3 aromatic rings. The Labute approximate surface area is 146 Å². The van der Waals surface area contributed by atoms with Gasteiger partial charge in [-0.15, -0.1) is 0 Å². The molecule has 0 aliphatic carbocycles. The van der Waals surface area contributed by atoms with E-state index in [4.69, 9.17) is 9.47 Å². The molecule has 5 nitrogen and oxygen atoms in total. The van der Waals surface area contributed by atoms with Crippen LogP contribution in [-0.4, -0.2) is 24.6 Å². The Hall–Kier alpha value is -3.08. The van der Waals surface area contributed by atoms with E-state index in [9.17, 15) is 4.79 Å². The van der Waals surface area contributed by atoms with Crippen LogP contribution in [0, 0.1) is 0 Å². The van der Waals surface area contributed by atoms with E-state index in [1.165, 1.54) is 0 Å². The van der Waals surface area contributed by atoms with E-state index < -0.39 is 0 Å². The van der Waals surface area contributed by atoms with Crippen molar-refractivity contribution < 1.29 is 14.3 Å². The lowest BCUT2D eigenvalue weighted by atomic mass is 10.1. The third-order valence-electron chi connectivity index (χ3n) is 3.82. The van der Waals surface area contributed by atoms with E-state index >= 15 is 0 Å². The van der Waals surface area contributed by atoms with E-state index in [0.29, 0.717) is 24.6 Å². The highest BCUT2D eigenvalue weighted by molar-refractivity contribution is 5.97. The number of amides is 1. The normalized spacial score (nSPS) is 10.5. The molecule has 0 spiro atoms. The van der Waals surface area contributed by atoms with Crippen LogP contribution in [0.4, 0.5) is 0 Å². The van der Waals surface area contributed by atoms with Crippen molar-refractivity contribution in [3.8, 4) is 11.5 Å². The van der Waals surface area contributed by atoms with Crippen LogP contribution in [0.5, 0.6) is 11.5 Å². The van der Waals surface area contributed by atoms with Crippen molar-refractivity contribution in [2.45, 2.75) is 13.5 Å². The Kier molecular flexibility index (Phi) is 5.14. The maximum atomic E-state index is 12.4.